The number of carbonyl (C=O) groups is 2. The zero-order valence-electron chi connectivity index (χ0n) is 14.8. The molecule has 1 N–H and O–H groups in total. The Balaban J connectivity index is 1.47. The topological polar surface area (TPSA) is 88.3 Å². The first-order valence-electron chi connectivity index (χ1n) is 9.08. The van der Waals surface area contributed by atoms with Crippen LogP contribution in [0.1, 0.15) is 49.9 Å². The van der Waals surface area contributed by atoms with Crippen molar-refractivity contribution >= 4 is 11.9 Å². The smallest absolute Gasteiger partial charge is 0.325 e. The molecule has 0 bridgehead atoms. The van der Waals surface area contributed by atoms with Crippen LogP contribution < -0.4 is 5.32 Å². The number of nitrogens with zero attached hydrogens (tertiary/aromatic N) is 3. The Hall–Kier alpha value is -2.70. The van der Waals surface area contributed by atoms with Crippen molar-refractivity contribution in [1.29, 1.82) is 0 Å². The molecule has 2 fully saturated rings. The summed E-state index contributed by atoms with van der Waals surface area (Å²) < 4.78 is 5.26. The van der Waals surface area contributed by atoms with E-state index in [-0.39, 0.29) is 30.3 Å². The molecule has 0 radical (unpaired) electrons. The molecule has 1 saturated heterocycles. The number of benzene rings is 1. The van der Waals surface area contributed by atoms with E-state index in [2.05, 4.69) is 15.5 Å². The third-order valence-electron chi connectivity index (χ3n) is 5.51. The molecule has 2 unspecified atom stereocenters. The first-order chi connectivity index (χ1) is 12.6. The number of carbonyl (C=O) groups excluding carboxylic acids is 2. The number of amides is 3. The van der Waals surface area contributed by atoms with Crippen molar-refractivity contribution in [3.05, 3.63) is 47.6 Å². The Morgan fingerprint density at radius 1 is 1.27 bits per heavy atom. The van der Waals surface area contributed by atoms with Crippen molar-refractivity contribution in [3.8, 4) is 0 Å². The molecule has 3 amide bonds. The van der Waals surface area contributed by atoms with Crippen LogP contribution in [0.5, 0.6) is 0 Å². The van der Waals surface area contributed by atoms with Crippen LogP contribution in [-0.4, -0.2) is 32.5 Å². The molecule has 7 nitrogen and oxygen atoms in total. The summed E-state index contributed by atoms with van der Waals surface area (Å²) in [5.74, 6) is 0.783. The molecule has 2 heterocycles. The molecule has 1 aromatic heterocycles. The average molecular weight is 354 g/mol. The third kappa shape index (κ3) is 2.87. The lowest BCUT2D eigenvalue weighted by Crippen LogP contribution is -2.53. The van der Waals surface area contributed by atoms with Crippen molar-refractivity contribution < 1.29 is 14.1 Å². The highest BCUT2D eigenvalue weighted by Crippen LogP contribution is 2.38. The third-order valence-corrected chi connectivity index (χ3v) is 5.51. The van der Waals surface area contributed by atoms with Gasteiger partial charge < -0.3 is 9.84 Å². The van der Waals surface area contributed by atoms with Gasteiger partial charge in [0.05, 0.1) is 0 Å². The van der Waals surface area contributed by atoms with Gasteiger partial charge in [-0.25, -0.2) is 4.79 Å². The Bertz CT molecular complexity index is 819. The Labute approximate surface area is 151 Å². The van der Waals surface area contributed by atoms with Crippen LogP contribution in [0.25, 0.3) is 0 Å². The fourth-order valence-electron chi connectivity index (χ4n) is 3.98. The van der Waals surface area contributed by atoms with Gasteiger partial charge in [-0.1, -0.05) is 55.3 Å². The SMILES string of the molecule is CC1CCCCC12NC(=O)N(Cc1nc(Cc3ccccc3)no1)C2=O. The maximum Gasteiger partial charge on any atom is 0.325 e. The van der Waals surface area contributed by atoms with Crippen molar-refractivity contribution in [2.75, 3.05) is 0 Å². The summed E-state index contributed by atoms with van der Waals surface area (Å²) in [6.07, 6.45) is 4.23. The van der Waals surface area contributed by atoms with E-state index in [1.165, 1.54) is 4.90 Å². The molecule has 2 aliphatic rings. The van der Waals surface area contributed by atoms with Gasteiger partial charge in [-0.3, -0.25) is 9.69 Å². The minimum atomic E-state index is -0.762. The number of urea groups is 1. The fourth-order valence-corrected chi connectivity index (χ4v) is 3.98. The number of hydrogen-bond acceptors (Lipinski definition) is 5. The van der Waals surface area contributed by atoms with E-state index in [4.69, 9.17) is 4.52 Å². The second-order valence-electron chi connectivity index (χ2n) is 7.21. The van der Waals surface area contributed by atoms with Crippen LogP contribution in [-0.2, 0) is 17.8 Å². The van der Waals surface area contributed by atoms with Crippen LogP contribution in [0.4, 0.5) is 4.79 Å². The number of rotatable bonds is 4. The first kappa shape index (κ1) is 16.8. The zero-order valence-corrected chi connectivity index (χ0v) is 14.8. The molecule has 4 rings (SSSR count). The Morgan fingerprint density at radius 2 is 2.08 bits per heavy atom. The first-order valence-corrected chi connectivity index (χ1v) is 9.08. The second kappa shape index (κ2) is 6.55. The highest BCUT2D eigenvalue weighted by Gasteiger charge is 2.55. The van der Waals surface area contributed by atoms with Crippen LogP contribution >= 0.6 is 0 Å². The van der Waals surface area contributed by atoms with E-state index in [1.54, 1.807) is 0 Å². The normalized spacial score (nSPS) is 25.7. The lowest BCUT2D eigenvalue weighted by molar-refractivity contribution is -0.134. The van der Waals surface area contributed by atoms with Gasteiger partial charge in [0.2, 0.25) is 5.89 Å². The summed E-state index contributed by atoms with van der Waals surface area (Å²) in [5.41, 5.74) is 0.312. The predicted molar refractivity (Wildman–Crippen MR) is 93.0 cm³/mol. The van der Waals surface area contributed by atoms with Crippen molar-refractivity contribution in [2.24, 2.45) is 5.92 Å². The summed E-state index contributed by atoms with van der Waals surface area (Å²) in [4.78, 5) is 30.9. The molecule has 7 heteroatoms. The number of hydrogen-bond donors (Lipinski definition) is 1. The summed E-state index contributed by atoms with van der Waals surface area (Å²) in [7, 11) is 0. The van der Waals surface area contributed by atoms with Gasteiger partial charge in [0, 0.05) is 6.42 Å². The molecule has 1 spiro atoms. The summed E-state index contributed by atoms with van der Waals surface area (Å²) in [6.45, 7) is 2.05. The summed E-state index contributed by atoms with van der Waals surface area (Å²) >= 11 is 0. The summed E-state index contributed by atoms with van der Waals surface area (Å²) in [5, 5.41) is 6.90. The number of nitrogens with one attached hydrogen (secondary N) is 1. The average Bonchev–Trinajstić information content (AvgIpc) is 3.17. The lowest BCUT2D eigenvalue weighted by Gasteiger charge is -2.36. The van der Waals surface area contributed by atoms with Gasteiger partial charge >= 0.3 is 6.03 Å². The Kier molecular flexibility index (Phi) is 4.22. The minimum absolute atomic E-state index is 0.0148. The number of aromatic nitrogens is 2. The molecular weight excluding hydrogens is 332 g/mol. The van der Waals surface area contributed by atoms with Gasteiger partial charge in [-0.05, 0) is 24.3 Å². The minimum Gasteiger partial charge on any atom is -0.337 e. The Morgan fingerprint density at radius 3 is 2.85 bits per heavy atom. The van der Waals surface area contributed by atoms with Crippen molar-refractivity contribution in [3.63, 3.8) is 0 Å². The van der Waals surface area contributed by atoms with Gasteiger partial charge in [-0.15, -0.1) is 0 Å². The van der Waals surface area contributed by atoms with Crippen molar-refractivity contribution in [1.82, 2.24) is 20.4 Å². The van der Waals surface area contributed by atoms with Gasteiger partial charge in [0.15, 0.2) is 5.82 Å². The van der Waals surface area contributed by atoms with Crippen LogP contribution in [0.15, 0.2) is 34.9 Å². The maximum absolute atomic E-state index is 13.0. The molecule has 1 aliphatic carbocycles. The molecular formula is C19H22N4O3. The van der Waals surface area contributed by atoms with Crippen molar-refractivity contribution in [2.45, 2.75) is 51.1 Å². The molecule has 1 saturated carbocycles. The molecule has 1 aromatic carbocycles. The molecule has 2 aromatic rings. The largest absolute Gasteiger partial charge is 0.337 e. The quantitative estimate of drug-likeness (QED) is 0.853. The predicted octanol–water partition coefficient (Wildman–Crippen LogP) is 2.66. The fraction of sp³-hybridized carbons (Fsp3) is 0.474. The molecule has 1 aliphatic heterocycles. The highest BCUT2D eigenvalue weighted by molar-refractivity contribution is 6.07. The van der Waals surface area contributed by atoms with E-state index in [0.717, 1.165) is 24.8 Å². The monoisotopic (exact) mass is 354 g/mol. The van der Waals surface area contributed by atoms with Crippen LogP contribution in [0.3, 0.4) is 0 Å². The van der Waals surface area contributed by atoms with E-state index in [1.807, 2.05) is 37.3 Å². The van der Waals surface area contributed by atoms with E-state index in [0.29, 0.717) is 18.7 Å². The van der Waals surface area contributed by atoms with Crippen LogP contribution in [0.2, 0.25) is 0 Å². The zero-order chi connectivity index (χ0) is 18.1. The van der Waals surface area contributed by atoms with E-state index < -0.39 is 5.54 Å². The van der Waals surface area contributed by atoms with Gasteiger partial charge in [0.25, 0.3) is 5.91 Å². The van der Waals surface area contributed by atoms with Gasteiger partial charge in [0.1, 0.15) is 12.1 Å². The molecule has 136 valence electrons. The highest BCUT2D eigenvalue weighted by atomic mass is 16.5. The molecule has 2 atom stereocenters. The standard InChI is InChI=1S/C19H22N4O3/c1-13-7-5-6-10-19(13)17(24)23(18(25)21-19)12-16-20-15(22-26-16)11-14-8-3-2-4-9-14/h2-4,8-9,13H,5-7,10-12H2,1H3,(H,21,25). The number of imide groups is 1. The maximum atomic E-state index is 13.0. The second-order valence-corrected chi connectivity index (χ2v) is 7.21. The van der Waals surface area contributed by atoms with Crippen LogP contribution in [0, 0.1) is 5.92 Å². The lowest BCUT2D eigenvalue weighted by atomic mass is 9.73. The van der Waals surface area contributed by atoms with E-state index >= 15 is 0 Å². The van der Waals surface area contributed by atoms with E-state index in [9.17, 15) is 9.59 Å². The summed E-state index contributed by atoms with van der Waals surface area (Å²) in [6, 6.07) is 9.46. The molecule has 26 heavy (non-hydrogen) atoms. The van der Waals surface area contributed by atoms with Gasteiger partial charge in [-0.2, -0.15) is 4.98 Å².